The Balaban J connectivity index is 1.29. The second-order valence-electron chi connectivity index (χ2n) is 11.5. The lowest BCUT2D eigenvalue weighted by atomic mass is 9.97. The molecule has 4 aromatic rings. The molecule has 3 atom stereocenters. The van der Waals surface area contributed by atoms with Gasteiger partial charge in [-0.3, -0.25) is 18.7 Å². The van der Waals surface area contributed by atoms with Gasteiger partial charge < -0.3 is 14.0 Å². The van der Waals surface area contributed by atoms with Crippen LogP contribution in [0.1, 0.15) is 53.1 Å². The Hall–Kier alpha value is -3.34. The van der Waals surface area contributed by atoms with Crippen LogP contribution < -0.4 is 14.0 Å². The van der Waals surface area contributed by atoms with Crippen LogP contribution in [0.4, 0.5) is 8.78 Å². The van der Waals surface area contributed by atoms with E-state index in [4.69, 9.17) is 23.0 Å². The van der Waals surface area contributed by atoms with E-state index in [0.717, 1.165) is 13.0 Å². The van der Waals surface area contributed by atoms with Crippen LogP contribution in [-0.4, -0.2) is 55.3 Å². The molecule has 1 unspecified atom stereocenters. The van der Waals surface area contributed by atoms with Gasteiger partial charge in [-0.05, 0) is 106 Å². The molecule has 1 saturated heterocycles. The minimum Gasteiger partial charge on any atom is -0.489 e. The standard InChI is InChI=1S/C34H36F2NO7PS/c1-5-40-45(39,41-6-2)44-25-11-12-27-30(17-25)46-34(32(38)31-20(3)15-22(35)16-21(31)4)33(27)43-24-9-7-23(8-10-24)42-26-13-14-37(19-26)29-18-28(29)36/h7-12,15-17,26,28-29H,5-6,13-14,18-19H2,1-4H3/t26-,28?,29-/m0/s1. The minimum absolute atomic E-state index is 0.0102. The number of rotatable bonds is 13. The maximum atomic E-state index is 14.1. The summed E-state index contributed by atoms with van der Waals surface area (Å²) in [6.45, 7) is 8.58. The molecule has 3 aromatic carbocycles. The largest absolute Gasteiger partial charge is 0.530 e. The first-order chi connectivity index (χ1) is 22.1. The first kappa shape index (κ1) is 32.6. The van der Waals surface area contributed by atoms with Gasteiger partial charge in [0.1, 0.15) is 40.2 Å². The number of halogens is 2. The van der Waals surface area contributed by atoms with E-state index in [1.807, 2.05) is 12.1 Å². The van der Waals surface area contributed by atoms with Crippen molar-refractivity contribution in [2.24, 2.45) is 0 Å². The van der Waals surface area contributed by atoms with Gasteiger partial charge in [0, 0.05) is 34.8 Å². The molecule has 1 aromatic heterocycles. The van der Waals surface area contributed by atoms with E-state index in [-0.39, 0.29) is 36.9 Å². The Morgan fingerprint density at radius 2 is 1.61 bits per heavy atom. The Bertz CT molecular complexity index is 1760. The van der Waals surface area contributed by atoms with Crippen LogP contribution in [0.3, 0.4) is 0 Å². The summed E-state index contributed by atoms with van der Waals surface area (Å²) in [5, 5.41) is 0.637. The molecule has 0 N–H and O–H groups in total. The highest BCUT2D eigenvalue weighted by molar-refractivity contribution is 7.48. The van der Waals surface area contributed by atoms with Crippen LogP contribution in [0.15, 0.2) is 54.6 Å². The van der Waals surface area contributed by atoms with Gasteiger partial charge >= 0.3 is 7.82 Å². The van der Waals surface area contributed by atoms with Crippen LogP contribution in [0.2, 0.25) is 0 Å². The molecule has 1 aliphatic carbocycles. The van der Waals surface area contributed by atoms with Crippen LogP contribution in [0.25, 0.3) is 10.1 Å². The lowest BCUT2D eigenvalue weighted by Crippen LogP contribution is -2.28. The second-order valence-corrected chi connectivity index (χ2v) is 14.1. The third-order valence-electron chi connectivity index (χ3n) is 8.01. The number of carbonyl (C=O) groups is 1. The van der Waals surface area contributed by atoms with Crippen LogP contribution in [0, 0.1) is 19.7 Å². The topological polar surface area (TPSA) is 83.5 Å². The highest BCUT2D eigenvalue weighted by atomic mass is 32.1. The van der Waals surface area contributed by atoms with Crippen LogP contribution >= 0.6 is 19.2 Å². The van der Waals surface area contributed by atoms with Gasteiger partial charge in [0.25, 0.3) is 0 Å². The zero-order valence-corrected chi connectivity index (χ0v) is 27.8. The predicted octanol–water partition coefficient (Wildman–Crippen LogP) is 8.80. The van der Waals surface area contributed by atoms with Crippen LogP contribution in [-0.2, 0) is 13.6 Å². The quantitative estimate of drug-likeness (QED) is 0.103. The van der Waals surface area contributed by atoms with Gasteiger partial charge in [0.2, 0.25) is 5.78 Å². The molecule has 1 aliphatic heterocycles. The minimum atomic E-state index is -3.85. The first-order valence-corrected chi connectivity index (χ1v) is 17.6. The number of ketones is 1. The summed E-state index contributed by atoms with van der Waals surface area (Å²) in [6, 6.07) is 14.9. The normalized spacial score (nSPS) is 19.8. The number of benzene rings is 3. The fourth-order valence-corrected chi connectivity index (χ4v) is 8.15. The van der Waals surface area contributed by atoms with E-state index in [9.17, 15) is 18.1 Å². The monoisotopic (exact) mass is 671 g/mol. The van der Waals surface area contributed by atoms with E-state index in [1.54, 1.807) is 58.0 Å². The fraction of sp³-hybridized carbons (Fsp3) is 0.382. The lowest BCUT2D eigenvalue weighted by Gasteiger charge is -2.17. The Morgan fingerprint density at radius 1 is 0.978 bits per heavy atom. The van der Waals surface area contributed by atoms with Crippen molar-refractivity contribution in [3.63, 3.8) is 0 Å². The SMILES string of the molecule is CCOP(=O)(OCC)Oc1ccc2c(Oc3ccc(O[C@H]4CCN([C@H]5CC5F)C4)cc3)c(C(=O)c3c(C)cc(F)cc3C)sc2c1. The van der Waals surface area contributed by atoms with E-state index in [2.05, 4.69) is 4.90 Å². The molecule has 12 heteroatoms. The number of hydrogen-bond donors (Lipinski definition) is 0. The number of aryl methyl sites for hydroxylation is 2. The number of ether oxygens (including phenoxy) is 2. The zero-order valence-electron chi connectivity index (χ0n) is 26.1. The molecule has 0 radical (unpaired) electrons. The number of fused-ring (bicyclic) bond motifs is 1. The number of hydrogen-bond acceptors (Lipinski definition) is 9. The zero-order chi connectivity index (χ0) is 32.6. The molecule has 0 amide bonds. The van der Waals surface area contributed by atoms with E-state index in [0.29, 0.717) is 61.9 Å². The molecule has 6 rings (SSSR count). The molecule has 244 valence electrons. The number of nitrogens with zero attached hydrogens (tertiary/aromatic N) is 1. The number of alkyl halides is 1. The highest BCUT2D eigenvalue weighted by Gasteiger charge is 2.45. The Labute approximate surface area is 270 Å². The van der Waals surface area contributed by atoms with Gasteiger partial charge in [-0.15, -0.1) is 11.3 Å². The maximum absolute atomic E-state index is 14.1. The number of thiophene rings is 1. The summed E-state index contributed by atoms with van der Waals surface area (Å²) in [5.41, 5.74) is 1.42. The van der Waals surface area contributed by atoms with Gasteiger partial charge in [0.05, 0.1) is 13.2 Å². The Kier molecular flexibility index (Phi) is 9.50. The van der Waals surface area contributed by atoms with E-state index in [1.165, 1.54) is 23.5 Å². The van der Waals surface area contributed by atoms with E-state index < -0.39 is 19.8 Å². The number of phosphoric ester groups is 1. The lowest BCUT2D eigenvalue weighted by molar-refractivity contribution is 0.103. The number of carbonyl (C=O) groups excluding carboxylic acids is 1. The molecule has 0 bridgehead atoms. The molecule has 2 aliphatic rings. The summed E-state index contributed by atoms with van der Waals surface area (Å²) < 4.78 is 70.0. The molecule has 1 saturated carbocycles. The van der Waals surface area contributed by atoms with Gasteiger partial charge in [-0.2, -0.15) is 0 Å². The molecule has 8 nitrogen and oxygen atoms in total. The summed E-state index contributed by atoms with van der Waals surface area (Å²) >= 11 is 1.19. The average molecular weight is 672 g/mol. The smallest absolute Gasteiger partial charge is 0.489 e. The molecular formula is C34H36F2NO7PS. The van der Waals surface area contributed by atoms with E-state index >= 15 is 0 Å². The van der Waals surface area contributed by atoms with Crippen molar-refractivity contribution in [3.05, 3.63) is 82.0 Å². The highest BCUT2D eigenvalue weighted by Crippen LogP contribution is 2.51. The third kappa shape index (κ3) is 6.99. The first-order valence-electron chi connectivity index (χ1n) is 15.4. The average Bonchev–Trinajstić information content (AvgIpc) is 3.38. The second kappa shape index (κ2) is 13.4. The summed E-state index contributed by atoms with van der Waals surface area (Å²) in [7, 11) is -3.85. The van der Waals surface area contributed by atoms with Crippen molar-refractivity contribution in [3.8, 4) is 23.0 Å². The third-order valence-corrected chi connectivity index (χ3v) is 10.7. The fourth-order valence-electron chi connectivity index (χ4n) is 5.86. The van der Waals surface area contributed by atoms with Crippen molar-refractivity contribution in [1.29, 1.82) is 0 Å². The van der Waals surface area contributed by atoms with Crippen molar-refractivity contribution in [2.75, 3.05) is 26.3 Å². The van der Waals surface area contributed by atoms with Crippen LogP contribution in [0.5, 0.6) is 23.0 Å². The molecule has 2 heterocycles. The van der Waals surface area contributed by atoms with Gasteiger partial charge in [-0.25, -0.2) is 13.3 Å². The van der Waals surface area contributed by atoms with Crippen molar-refractivity contribution < 1.29 is 41.2 Å². The molecule has 0 spiro atoms. The molecule has 46 heavy (non-hydrogen) atoms. The van der Waals surface area contributed by atoms with Crippen molar-refractivity contribution >= 4 is 35.0 Å². The number of phosphoric acid groups is 1. The van der Waals surface area contributed by atoms with Crippen molar-refractivity contribution in [1.82, 2.24) is 4.90 Å². The van der Waals surface area contributed by atoms with Gasteiger partial charge in [-0.1, -0.05) is 0 Å². The van der Waals surface area contributed by atoms with Crippen molar-refractivity contribution in [2.45, 2.75) is 58.9 Å². The number of likely N-dealkylation sites (tertiary alicyclic amines) is 1. The summed E-state index contributed by atoms with van der Waals surface area (Å²) in [6.07, 6.45) is 0.717. The predicted molar refractivity (Wildman–Crippen MR) is 173 cm³/mol. The Morgan fingerprint density at radius 3 is 2.24 bits per heavy atom. The molecular weight excluding hydrogens is 635 g/mol. The van der Waals surface area contributed by atoms with Gasteiger partial charge in [0.15, 0.2) is 5.75 Å². The summed E-state index contributed by atoms with van der Waals surface area (Å²) in [5.74, 6) is 1.01. The molecule has 2 fully saturated rings. The summed E-state index contributed by atoms with van der Waals surface area (Å²) in [4.78, 5) is 16.5. The maximum Gasteiger partial charge on any atom is 0.530 e.